The molecule has 2 aromatic carbocycles. The molecule has 27 heavy (non-hydrogen) atoms. The van der Waals surface area contributed by atoms with Crippen LogP contribution in [0.25, 0.3) is 0 Å². The molecule has 0 aromatic heterocycles. The van der Waals surface area contributed by atoms with Gasteiger partial charge in [-0.25, -0.2) is 8.42 Å². The number of sulfonamides is 1. The number of amides is 1. The molecule has 0 heterocycles. The van der Waals surface area contributed by atoms with Crippen LogP contribution < -0.4 is 10.0 Å². The van der Waals surface area contributed by atoms with Gasteiger partial charge in [0.15, 0.2) is 0 Å². The Kier molecular flexibility index (Phi) is 7.49. The van der Waals surface area contributed by atoms with E-state index in [9.17, 15) is 13.2 Å². The molecule has 0 radical (unpaired) electrons. The lowest BCUT2D eigenvalue weighted by Crippen LogP contribution is -2.32. The Balaban J connectivity index is 1.98. The Morgan fingerprint density at radius 2 is 1.70 bits per heavy atom. The van der Waals surface area contributed by atoms with Crippen LogP contribution in [0.5, 0.6) is 0 Å². The Hall–Kier alpha value is -1.80. The normalized spacial score (nSPS) is 11.4. The molecule has 2 N–H and O–H groups in total. The third kappa shape index (κ3) is 6.70. The number of anilines is 1. The van der Waals surface area contributed by atoms with Crippen molar-refractivity contribution in [3.05, 3.63) is 58.1 Å². The fourth-order valence-electron chi connectivity index (χ4n) is 2.22. The summed E-state index contributed by atoms with van der Waals surface area (Å²) in [6.45, 7) is 1.34. The summed E-state index contributed by atoms with van der Waals surface area (Å²) in [5.74, 6) is -0.0824. The molecule has 9 heteroatoms. The standard InChI is InChI=1S/C18H21Cl2N3O3S/c1-23(2)10-9-21-18(24)11-13-3-5-14(6-4-13)22-27(25,26)15-7-8-16(19)17(20)12-15/h3-8,12,22H,9-11H2,1-2H3,(H,21,24). The predicted molar refractivity (Wildman–Crippen MR) is 109 cm³/mol. The van der Waals surface area contributed by atoms with E-state index in [1.165, 1.54) is 18.2 Å². The lowest BCUT2D eigenvalue weighted by molar-refractivity contribution is -0.120. The zero-order valence-corrected chi connectivity index (χ0v) is 17.3. The minimum absolute atomic E-state index is 0.0150. The van der Waals surface area contributed by atoms with E-state index in [-0.39, 0.29) is 27.3 Å². The quantitative estimate of drug-likeness (QED) is 0.675. The van der Waals surface area contributed by atoms with Gasteiger partial charge in [0.05, 0.1) is 21.4 Å². The number of likely N-dealkylation sites (N-methyl/N-ethyl adjacent to an activating group) is 1. The minimum Gasteiger partial charge on any atom is -0.355 e. The number of carbonyl (C=O) groups excluding carboxylic acids is 1. The van der Waals surface area contributed by atoms with Crippen LogP contribution in [0.15, 0.2) is 47.4 Å². The topological polar surface area (TPSA) is 78.5 Å². The molecule has 0 aliphatic heterocycles. The van der Waals surface area contributed by atoms with Gasteiger partial charge in [0.2, 0.25) is 5.91 Å². The van der Waals surface area contributed by atoms with Crippen molar-refractivity contribution in [3.8, 4) is 0 Å². The fourth-order valence-corrected chi connectivity index (χ4v) is 3.66. The molecular formula is C18H21Cl2N3O3S. The molecule has 0 saturated carbocycles. The molecule has 0 saturated heterocycles. The van der Waals surface area contributed by atoms with Gasteiger partial charge >= 0.3 is 0 Å². The van der Waals surface area contributed by atoms with Crippen molar-refractivity contribution < 1.29 is 13.2 Å². The molecule has 0 spiro atoms. The number of nitrogens with one attached hydrogen (secondary N) is 2. The average Bonchev–Trinajstić information content (AvgIpc) is 2.58. The van der Waals surface area contributed by atoms with Crippen LogP contribution in [0.2, 0.25) is 10.0 Å². The van der Waals surface area contributed by atoms with Crippen LogP contribution in [0.1, 0.15) is 5.56 Å². The summed E-state index contributed by atoms with van der Waals surface area (Å²) in [4.78, 5) is 13.9. The van der Waals surface area contributed by atoms with Gasteiger partial charge in [-0.05, 0) is 50.0 Å². The maximum Gasteiger partial charge on any atom is 0.261 e. The van der Waals surface area contributed by atoms with Crippen molar-refractivity contribution in [2.24, 2.45) is 0 Å². The number of nitrogens with zero attached hydrogens (tertiary/aromatic N) is 1. The fraction of sp³-hybridized carbons (Fsp3) is 0.278. The van der Waals surface area contributed by atoms with Gasteiger partial charge in [-0.3, -0.25) is 9.52 Å². The van der Waals surface area contributed by atoms with E-state index >= 15 is 0 Å². The number of hydrogen-bond acceptors (Lipinski definition) is 4. The van der Waals surface area contributed by atoms with Gasteiger partial charge in [0.1, 0.15) is 0 Å². The van der Waals surface area contributed by atoms with E-state index in [0.29, 0.717) is 12.2 Å². The number of benzene rings is 2. The molecule has 0 aliphatic carbocycles. The lowest BCUT2D eigenvalue weighted by Gasteiger charge is -2.11. The van der Waals surface area contributed by atoms with Crippen LogP contribution in [0.4, 0.5) is 5.69 Å². The van der Waals surface area contributed by atoms with Gasteiger partial charge in [0, 0.05) is 18.8 Å². The molecular weight excluding hydrogens is 409 g/mol. The summed E-state index contributed by atoms with van der Waals surface area (Å²) in [7, 11) is 0.0832. The van der Waals surface area contributed by atoms with Crippen LogP contribution >= 0.6 is 23.2 Å². The average molecular weight is 430 g/mol. The predicted octanol–water partition coefficient (Wildman–Crippen LogP) is 3.01. The van der Waals surface area contributed by atoms with Crippen molar-refractivity contribution in [1.82, 2.24) is 10.2 Å². The maximum atomic E-state index is 12.4. The number of carbonyl (C=O) groups is 1. The zero-order chi connectivity index (χ0) is 20.0. The second-order valence-electron chi connectivity index (χ2n) is 6.21. The summed E-state index contributed by atoms with van der Waals surface area (Å²) in [6.07, 6.45) is 0.229. The van der Waals surface area contributed by atoms with Gasteiger partial charge in [-0.2, -0.15) is 0 Å². The minimum atomic E-state index is -3.79. The number of rotatable bonds is 8. The highest BCUT2D eigenvalue weighted by molar-refractivity contribution is 7.92. The van der Waals surface area contributed by atoms with Crippen molar-refractivity contribution >= 4 is 44.8 Å². The van der Waals surface area contributed by atoms with E-state index in [0.717, 1.165) is 12.1 Å². The molecule has 0 atom stereocenters. The smallest absolute Gasteiger partial charge is 0.261 e. The first kappa shape index (κ1) is 21.5. The van der Waals surface area contributed by atoms with E-state index in [2.05, 4.69) is 10.0 Å². The highest BCUT2D eigenvalue weighted by atomic mass is 35.5. The summed E-state index contributed by atoms with van der Waals surface area (Å²) in [5.41, 5.74) is 1.17. The van der Waals surface area contributed by atoms with Gasteiger partial charge in [-0.1, -0.05) is 35.3 Å². The highest BCUT2D eigenvalue weighted by Crippen LogP contribution is 2.26. The Labute approximate surface area is 169 Å². The Morgan fingerprint density at radius 1 is 1.04 bits per heavy atom. The van der Waals surface area contributed by atoms with E-state index in [1.807, 2.05) is 19.0 Å². The van der Waals surface area contributed by atoms with Gasteiger partial charge in [0.25, 0.3) is 10.0 Å². The van der Waals surface area contributed by atoms with E-state index in [1.54, 1.807) is 24.3 Å². The van der Waals surface area contributed by atoms with E-state index < -0.39 is 10.0 Å². The van der Waals surface area contributed by atoms with E-state index in [4.69, 9.17) is 23.2 Å². The lowest BCUT2D eigenvalue weighted by atomic mass is 10.1. The molecule has 2 aromatic rings. The summed E-state index contributed by atoms with van der Waals surface area (Å²) >= 11 is 11.7. The molecule has 146 valence electrons. The van der Waals surface area contributed by atoms with Crippen LogP contribution in [0.3, 0.4) is 0 Å². The Morgan fingerprint density at radius 3 is 2.30 bits per heavy atom. The molecule has 0 unspecified atom stereocenters. The Bertz CT molecular complexity index is 901. The monoisotopic (exact) mass is 429 g/mol. The van der Waals surface area contributed by atoms with Crippen molar-refractivity contribution in [2.75, 3.05) is 31.9 Å². The maximum absolute atomic E-state index is 12.4. The molecule has 2 rings (SSSR count). The first-order valence-electron chi connectivity index (χ1n) is 8.15. The zero-order valence-electron chi connectivity index (χ0n) is 15.0. The van der Waals surface area contributed by atoms with Crippen molar-refractivity contribution in [2.45, 2.75) is 11.3 Å². The van der Waals surface area contributed by atoms with Crippen molar-refractivity contribution in [3.63, 3.8) is 0 Å². The second kappa shape index (κ2) is 9.41. The van der Waals surface area contributed by atoms with Crippen molar-refractivity contribution in [1.29, 1.82) is 0 Å². The first-order chi connectivity index (χ1) is 12.7. The molecule has 0 aliphatic rings. The van der Waals surface area contributed by atoms with Crippen LogP contribution in [-0.4, -0.2) is 46.4 Å². The first-order valence-corrected chi connectivity index (χ1v) is 10.4. The van der Waals surface area contributed by atoms with Crippen LogP contribution in [0, 0.1) is 0 Å². The summed E-state index contributed by atoms with van der Waals surface area (Å²) in [6, 6.07) is 10.7. The number of halogens is 2. The molecule has 0 bridgehead atoms. The number of hydrogen-bond donors (Lipinski definition) is 2. The summed E-state index contributed by atoms with van der Waals surface area (Å²) in [5, 5.41) is 3.27. The molecule has 1 amide bonds. The second-order valence-corrected chi connectivity index (χ2v) is 8.71. The molecule has 0 fully saturated rings. The SMILES string of the molecule is CN(C)CCNC(=O)Cc1ccc(NS(=O)(=O)c2ccc(Cl)c(Cl)c2)cc1. The van der Waals surface area contributed by atoms with Crippen LogP contribution in [-0.2, 0) is 21.2 Å². The third-order valence-corrected chi connectivity index (χ3v) is 5.77. The largest absolute Gasteiger partial charge is 0.355 e. The summed E-state index contributed by atoms with van der Waals surface area (Å²) < 4.78 is 27.3. The highest BCUT2D eigenvalue weighted by Gasteiger charge is 2.15. The van der Waals surface area contributed by atoms with Gasteiger partial charge in [-0.15, -0.1) is 0 Å². The van der Waals surface area contributed by atoms with Gasteiger partial charge < -0.3 is 10.2 Å². The molecule has 6 nitrogen and oxygen atoms in total. The third-order valence-electron chi connectivity index (χ3n) is 3.65.